The molecular weight excluding hydrogens is 280 g/mol. The van der Waals surface area contributed by atoms with Crippen LogP contribution in [0.1, 0.15) is 51.9 Å². The molecule has 1 saturated heterocycles. The van der Waals surface area contributed by atoms with Gasteiger partial charge in [0.1, 0.15) is 0 Å². The van der Waals surface area contributed by atoms with Crippen molar-refractivity contribution in [1.29, 1.82) is 0 Å². The summed E-state index contributed by atoms with van der Waals surface area (Å²) in [6, 6.07) is 0.816. The van der Waals surface area contributed by atoms with Crippen LogP contribution in [-0.4, -0.2) is 44.8 Å². The van der Waals surface area contributed by atoms with E-state index in [4.69, 9.17) is 10.8 Å². The molecule has 0 amide bonds. The van der Waals surface area contributed by atoms with Gasteiger partial charge < -0.3 is 5.73 Å². The van der Waals surface area contributed by atoms with Crippen LogP contribution in [0.25, 0.3) is 0 Å². The second-order valence-corrected chi connectivity index (χ2v) is 8.65. The minimum atomic E-state index is 0.0450. The summed E-state index contributed by atoms with van der Waals surface area (Å²) < 4.78 is 1.94. The van der Waals surface area contributed by atoms with E-state index in [1.54, 1.807) is 0 Å². The number of hydrogen-bond acceptors (Lipinski definition) is 4. The molecule has 4 nitrogen and oxygen atoms in total. The minimum Gasteiger partial charge on any atom is -0.329 e. The number of aromatic nitrogens is 2. The molecule has 2 heterocycles. The Morgan fingerprint density at radius 2 is 2.10 bits per heavy atom. The van der Waals surface area contributed by atoms with E-state index in [0.717, 1.165) is 6.54 Å². The molecule has 1 aromatic rings. The number of aryl methyl sites for hydroxylation is 1. The number of nitrogens with zero attached hydrogens (tertiary/aromatic N) is 3. The van der Waals surface area contributed by atoms with Gasteiger partial charge in [0.05, 0.1) is 11.7 Å². The standard InChI is InChI=1S/C16H30N4S/c1-11-12(2)21-8-7-20(11)14(9-17)13-10-19(6)18-15(13)16(3,4)5/h10-12,14H,7-9,17H2,1-6H3. The van der Waals surface area contributed by atoms with Gasteiger partial charge in [0, 0.05) is 54.4 Å². The lowest BCUT2D eigenvalue weighted by Gasteiger charge is -2.42. The smallest absolute Gasteiger partial charge is 0.0726 e. The maximum atomic E-state index is 6.18. The first-order valence-electron chi connectivity index (χ1n) is 7.87. The predicted molar refractivity (Wildman–Crippen MR) is 91.8 cm³/mol. The molecule has 3 atom stereocenters. The molecule has 1 aliphatic rings. The highest BCUT2D eigenvalue weighted by Crippen LogP contribution is 2.35. The van der Waals surface area contributed by atoms with Crippen molar-refractivity contribution in [3.8, 4) is 0 Å². The fourth-order valence-electron chi connectivity index (χ4n) is 3.17. The quantitative estimate of drug-likeness (QED) is 0.932. The molecule has 0 saturated carbocycles. The van der Waals surface area contributed by atoms with Crippen molar-refractivity contribution in [2.24, 2.45) is 12.8 Å². The molecule has 5 heteroatoms. The van der Waals surface area contributed by atoms with Crippen molar-refractivity contribution in [1.82, 2.24) is 14.7 Å². The third-order valence-electron chi connectivity index (χ3n) is 4.48. The van der Waals surface area contributed by atoms with Gasteiger partial charge in [0.25, 0.3) is 0 Å². The van der Waals surface area contributed by atoms with Gasteiger partial charge in [0.2, 0.25) is 0 Å². The van der Waals surface area contributed by atoms with Crippen molar-refractivity contribution in [3.63, 3.8) is 0 Å². The second kappa shape index (κ2) is 6.31. The van der Waals surface area contributed by atoms with Crippen molar-refractivity contribution in [2.45, 2.75) is 57.4 Å². The summed E-state index contributed by atoms with van der Waals surface area (Å²) in [6.45, 7) is 13.1. The average Bonchev–Trinajstić information content (AvgIpc) is 2.77. The van der Waals surface area contributed by atoms with E-state index >= 15 is 0 Å². The predicted octanol–water partition coefficient (Wildman–Crippen LogP) is 2.54. The first-order chi connectivity index (χ1) is 9.75. The molecule has 120 valence electrons. The normalized spacial score (nSPS) is 26.0. The highest BCUT2D eigenvalue weighted by Gasteiger charge is 2.34. The zero-order valence-corrected chi connectivity index (χ0v) is 15.1. The van der Waals surface area contributed by atoms with E-state index in [1.807, 2.05) is 11.7 Å². The van der Waals surface area contributed by atoms with Crippen LogP contribution >= 0.6 is 11.8 Å². The molecular formula is C16H30N4S. The lowest BCUT2D eigenvalue weighted by molar-refractivity contribution is 0.149. The Kier molecular flexibility index (Phi) is 5.06. The maximum absolute atomic E-state index is 6.18. The van der Waals surface area contributed by atoms with Crippen LogP contribution in [0.3, 0.4) is 0 Å². The second-order valence-electron chi connectivity index (χ2n) is 7.16. The SMILES string of the molecule is CC1SCCN(C(CN)c2cn(C)nc2C(C)(C)C)C1C. The van der Waals surface area contributed by atoms with Gasteiger partial charge in [0.15, 0.2) is 0 Å². The Morgan fingerprint density at radius 3 is 2.67 bits per heavy atom. The van der Waals surface area contributed by atoms with E-state index < -0.39 is 0 Å². The topological polar surface area (TPSA) is 47.1 Å². The van der Waals surface area contributed by atoms with Crippen LogP contribution in [-0.2, 0) is 12.5 Å². The summed E-state index contributed by atoms with van der Waals surface area (Å²) in [7, 11) is 2.00. The first kappa shape index (κ1) is 16.8. The van der Waals surface area contributed by atoms with Gasteiger partial charge in [-0.25, -0.2) is 0 Å². The molecule has 0 radical (unpaired) electrons. The summed E-state index contributed by atoms with van der Waals surface area (Å²) in [5, 5.41) is 5.37. The van der Waals surface area contributed by atoms with E-state index in [1.165, 1.54) is 17.0 Å². The van der Waals surface area contributed by atoms with Gasteiger partial charge >= 0.3 is 0 Å². The summed E-state index contributed by atoms with van der Waals surface area (Å²) in [5.41, 5.74) is 8.71. The van der Waals surface area contributed by atoms with E-state index in [9.17, 15) is 0 Å². The number of nitrogens with two attached hydrogens (primary N) is 1. The van der Waals surface area contributed by atoms with Crippen LogP contribution in [0.5, 0.6) is 0 Å². The van der Waals surface area contributed by atoms with Crippen LogP contribution < -0.4 is 5.73 Å². The highest BCUT2D eigenvalue weighted by molar-refractivity contribution is 8.00. The Morgan fingerprint density at radius 1 is 1.43 bits per heavy atom. The Bertz CT molecular complexity index is 477. The zero-order chi connectivity index (χ0) is 15.8. The van der Waals surface area contributed by atoms with E-state index in [-0.39, 0.29) is 11.5 Å². The largest absolute Gasteiger partial charge is 0.329 e. The van der Waals surface area contributed by atoms with Crippen molar-refractivity contribution in [3.05, 3.63) is 17.5 Å². The molecule has 0 bridgehead atoms. The fourth-order valence-corrected chi connectivity index (χ4v) is 4.29. The molecule has 3 unspecified atom stereocenters. The van der Waals surface area contributed by atoms with E-state index in [0.29, 0.717) is 17.8 Å². The lowest BCUT2D eigenvalue weighted by atomic mass is 9.87. The first-order valence-corrected chi connectivity index (χ1v) is 8.92. The molecule has 2 rings (SSSR count). The Labute approximate surface area is 133 Å². The molecule has 21 heavy (non-hydrogen) atoms. The third kappa shape index (κ3) is 3.46. The van der Waals surface area contributed by atoms with Gasteiger partial charge in [-0.1, -0.05) is 27.7 Å². The van der Waals surface area contributed by atoms with Crippen molar-refractivity contribution in [2.75, 3.05) is 18.8 Å². The van der Waals surface area contributed by atoms with Crippen molar-refractivity contribution >= 4 is 11.8 Å². The lowest BCUT2D eigenvalue weighted by Crippen LogP contribution is -2.48. The summed E-state index contributed by atoms with van der Waals surface area (Å²) in [4.78, 5) is 2.58. The van der Waals surface area contributed by atoms with Gasteiger partial charge in [-0.2, -0.15) is 16.9 Å². The minimum absolute atomic E-state index is 0.0450. The maximum Gasteiger partial charge on any atom is 0.0726 e. The zero-order valence-electron chi connectivity index (χ0n) is 14.3. The number of rotatable bonds is 3. The molecule has 2 N–H and O–H groups in total. The third-order valence-corrected chi connectivity index (χ3v) is 5.82. The average molecular weight is 311 g/mol. The molecule has 0 aliphatic carbocycles. The molecule has 0 aromatic carbocycles. The summed E-state index contributed by atoms with van der Waals surface area (Å²) >= 11 is 2.06. The van der Waals surface area contributed by atoms with Gasteiger partial charge in [-0.05, 0) is 6.92 Å². The van der Waals surface area contributed by atoms with Gasteiger partial charge in [-0.15, -0.1) is 0 Å². The molecule has 0 spiro atoms. The number of thioether (sulfide) groups is 1. The van der Waals surface area contributed by atoms with Crippen LogP contribution in [0.2, 0.25) is 0 Å². The van der Waals surface area contributed by atoms with Gasteiger partial charge in [-0.3, -0.25) is 9.58 Å². The Hall–Kier alpha value is -0.520. The molecule has 1 aliphatic heterocycles. The van der Waals surface area contributed by atoms with Crippen LogP contribution in [0.4, 0.5) is 0 Å². The van der Waals surface area contributed by atoms with Crippen molar-refractivity contribution < 1.29 is 0 Å². The Balaban J connectivity index is 2.38. The summed E-state index contributed by atoms with van der Waals surface area (Å²) in [6.07, 6.45) is 2.16. The monoisotopic (exact) mass is 310 g/mol. The van der Waals surface area contributed by atoms with Crippen LogP contribution in [0.15, 0.2) is 6.20 Å². The summed E-state index contributed by atoms with van der Waals surface area (Å²) in [5.74, 6) is 1.19. The van der Waals surface area contributed by atoms with E-state index in [2.05, 4.69) is 57.5 Å². The highest BCUT2D eigenvalue weighted by atomic mass is 32.2. The number of hydrogen-bond donors (Lipinski definition) is 1. The molecule has 1 fully saturated rings. The van der Waals surface area contributed by atoms with Crippen LogP contribution in [0, 0.1) is 0 Å². The molecule has 1 aromatic heterocycles. The fraction of sp³-hybridized carbons (Fsp3) is 0.812.